The van der Waals surface area contributed by atoms with E-state index < -0.39 is 24.3 Å². The fourth-order valence-electron chi connectivity index (χ4n) is 2.57. The van der Waals surface area contributed by atoms with Crippen LogP contribution >= 0.6 is 0 Å². The van der Waals surface area contributed by atoms with Gasteiger partial charge >= 0.3 is 18.2 Å². The first-order valence-corrected chi connectivity index (χ1v) is 10.9. The maximum absolute atomic E-state index is 12.0. The van der Waals surface area contributed by atoms with Gasteiger partial charge in [0.05, 0.1) is 13.2 Å². The Balaban J connectivity index is 2.44. The number of hydrogen-bond acceptors (Lipinski definition) is 7. The molecule has 0 radical (unpaired) electrons. The molecule has 0 saturated heterocycles. The van der Waals surface area contributed by atoms with Gasteiger partial charge in [-0.3, -0.25) is 0 Å². The van der Waals surface area contributed by atoms with E-state index in [9.17, 15) is 14.4 Å². The van der Waals surface area contributed by atoms with Gasteiger partial charge in [-0.2, -0.15) is 0 Å². The molecule has 1 aromatic rings. The molecule has 182 valence electrons. The second-order valence-electron chi connectivity index (χ2n) is 7.06. The van der Waals surface area contributed by atoms with Crippen molar-refractivity contribution >= 4 is 18.2 Å². The zero-order chi connectivity index (χ0) is 24.5. The summed E-state index contributed by atoms with van der Waals surface area (Å²) in [5.74, 6) is -0.571. The first-order chi connectivity index (χ1) is 15.9. The molecule has 2 unspecified atom stereocenters. The molecular weight excluding hydrogens is 428 g/mol. The monoisotopic (exact) mass is 462 g/mol. The van der Waals surface area contributed by atoms with Crippen molar-refractivity contribution < 1.29 is 33.3 Å². The van der Waals surface area contributed by atoms with E-state index in [-0.39, 0.29) is 25.8 Å². The predicted octanol–water partition coefficient (Wildman–Crippen LogP) is 3.63. The van der Waals surface area contributed by atoms with Crippen molar-refractivity contribution in [3.8, 4) is 0 Å². The molecule has 0 heterocycles. The van der Waals surface area contributed by atoms with Crippen LogP contribution in [0.4, 0.5) is 9.59 Å². The molecule has 0 saturated carbocycles. The molecule has 2 amide bonds. The Morgan fingerprint density at radius 3 is 1.97 bits per heavy atom. The standard InChI is InChI=1S/C24H34N2O7/c1-5-12-30-16-20(6-2)32-23(28)25-14-18-10-9-11-19(13-18)15-26-24(29)33-21(7-3)17-31-22(27)8-4/h5,8-11,13,20-21H,1,4,6-7,12,14-17H2,2-3H3,(H,25,28)(H,26,29). The van der Waals surface area contributed by atoms with Crippen molar-refractivity contribution in [1.29, 1.82) is 0 Å². The molecule has 1 aromatic carbocycles. The van der Waals surface area contributed by atoms with Crippen LogP contribution in [0, 0.1) is 0 Å². The molecule has 0 aliphatic carbocycles. The van der Waals surface area contributed by atoms with Crippen LogP contribution in [0.25, 0.3) is 0 Å². The largest absolute Gasteiger partial charge is 0.459 e. The lowest BCUT2D eigenvalue weighted by Gasteiger charge is -2.17. The number of amides is 2. The Morgan fingerprint density at radius 1 is 0.939 bits per heavy atom. The van der Waals surface area contributed by atoms with Gasteiger partial charge in [0.1, 0.15) is 18.8 Å². The van der Waals surface area contributed by atoms with E-state index in [1.165, 1.54) is 0 Å². The molecule has 0 aromatic heterocycles. The smallest absolute Gasteiger partial charge is 0.407 e. The van der Waals surface area contributed by atoms with Gasteiger partial charge in [0.15, 0.2) is 0 Å². The molecule has 0 bridgehead atoms. The van der Waals surface area contributed by atoms with E-state index in [1.807, 2.05) is 38.1 Å². The van der Waals surface area contributed by atoms with Gasteiger partial charge in [0, 0.05) is 19.2 Å². The van der Waals surface area contributed by atoms with Gasteiger partial charge in [-0.25, -0.2) is 14.4 Å². The van der Waals surface area contributed by atoms with Crippen LogP contribution in [0.2, 0.25) is 0 Å². The molecule has 0 spiro atoms. The maximum Gasteiger partial charge on any atom is 0.407 e. The summed E-state index contributed by atoms with van der Waals surface area (Å²) in [4.78, 5) is 35.2. The number of carbonyl (C=O) groups is 3. The number of alkyl carbamates (subject to hydrolysis) is 2. The molecule has 2 atom stereocenters. The Kier molecular flexibility index (Phi) is 13.7. The highest BCUT2D eigenvalue weighted by atomic mass is 16.6. The number of nitrogens with one attached hydrogen (secondary N) is 2. The van der Waals surface area contributed by atoms with Crippen molar-refractivity contribution in [3.05, 3.63) is 60.7 Å². The summed E-state index contributed by atoms with van der Waals surface area (Å²) in [6, 6.07) is 7.38. The first kappa shape index (κ1) is 27.7. The van der Waals surface area contributed by atoms with Crippen LogP contribution in [0.5, 0.6) is 0 Å². The predicted molar refractivity (Wildman–Crippen MR) is 123 cm³/mol. The highest BCUT2D eigenvalue weighted by Gasteiger charge is 2.15. The number of esters is 1. The normalized spacial score (nSPS) is 12.1. The van der Waals surface area contributed by atoms with E-state index >= 15 is 0 Å². The van der Waals surface area contributed by atoms with Crippen molar-refractivity contribution in [1.82, 2.24) is 10.6 Å². The summed E-state index contributed by atoms with van der Waals surface area (Å²) >= 11 is 0. The van der Waals surface area contributed by atoms with Crippen LogP contribution in [0.1, 0.15) is 37.8 Å². The highest BCUT2D eigenvalue weighted by Crippen LogP contribution is 2.07. The van der Waals surface area contributed by atoms with Gasteiger partial charge in [0.25, 0.3) is 0 Å². The SMILES string of the molecule is C=CCOCC(CC)OC(=O)NCc1cccc(CNC(=O)OC(CC)COC(=O)C=C)c1. The Morgan fingerprint density at radius 2 is 1.48 bits per heavy atom. The number of ether oxygens (including phenoxy) is 4. The lowest BCUT2D eigenvalue weighted by Crippen LogP contribution is -2.31. The quantitative estimate of drug-likeness (QED) is 0.135. The minimum atomic E-state index is -0.618. The third-order valence-corrected chi connectivity index (χ3v) is 4.44. The van der Waals surface area contributed by atoms with Crippen molar-refractivity contribution in [2.45, 2.75) is 52.0 Å². The average Bonchev–Trinajstić information content (AvgIpc) is 2.83. The maximum atomic E-state index is 12.0. The number of rotatable bonds is 15. The molecule has 1 rings (SSSR count). The molecule has 9 heteroatoms. The number of hydrogen-bond donors (Lipinski definition) is 2. The van der Waals surface area contributed by atoms with Gasteiger partial charge in [0.2, 0.25) is 0 Å². The van der Waals surface area contributed by atoms with E-state index in [2.05, 4.69) is 23.8 Å². The minimum Gasteiger partial charge on any atom is -0.459 e. The third-order valence-electron chi connectivity index (χ3n) is 4.44. The molecule has 2 N–H and O–H groups in total. The van der Waals surface area contributed by atoms with Crippen LogP contribution in [0.3, 0.4) is 0 Å². The molecule has 33 heavy (non-hydrogen) atoms. The molecule has 0 fully saturated rings. The van der Waals surface area contributed by atoms with Gasteiger partial charge in [-0.15, -0.1) is 6.58 Å². The summed E-state index contributed by atoms with van der Waals surface area (Å²) in [7, 11) is 0. The minimum absolute atomic E-state index is 0.0364. The fourth-order valence-corrected chi connectivity index (χ4v) is 2.57. The molecule has 9 nitrogen and oxygen atoms in total. The van der Waals surface area contributed by atoms with E-state index in [1.54, 1.807) is 6.08 Å². The van der Waals surface area contributed by atoms with E-state index in [0.29, 0.717) is 26.1 Å². The van der Waals surface area contributed by atoms with Crippen LogP contribution in [-0.2, 0) is 36.8 Å². The van der Waals surface area contributed by atoms with Gasteiger partial charge < -0.3 is 29.6 Å². The Labute approximate surface area is 195 Å². The van der Waals surface area contributed by atoms with Gasteiger partial charge in [-0.1, -0.05) is 50.8 Å². The summed E-state index contributed by atoms with van der Waals surface area (Å²) in [6.07, 6.45) is 1.79. The zero-order valence-corrected chi connectivity index (χ0v) is 19.3. The second kappa shape index (κ2) is 16.3. The second-order valence-corrected chi connectivity index (χ2v) is 7.06. The van der Waals surface area contributed by atoms with Crippen molar-refractivity contribution in [2.24, 2.45) is 0 Å². The van der Waals surface area contributed by atoms with Crippen LogP contribution < -0.4 is 10.6 Å². The highest BCUT2D eigenvalue weighted by molar-refractivity contribution is 5.81. The topological polar surface area (TPSA) is 112 Å². The van der Waals surface area contributed by atoms with Crippen LogP contribution in [0.15, 0.2) is 49.6 Å². The average molecular weight is 463 g/mol. The van der Waals surface area contributed by atoms with Crippen molar-refractivity contribution in [3.63, 3.8) is 0 Å². The van der Waals surface area contributed by atoms with Gasteiger partial charge in [-0.05, 0) is 24.0 Å². The summed E-state index contributed by atoms with van der Waals surface area (Å²) < 4.78 is 20.8. The summed E-state index contributed by atoms with van der Waals surface area (Å²) in [5.41, 5.74) is 1.67. The van der Waals surface area contributed by atoms with Crippen LogP contribution in [-0.4, -0.2) is 50.2 Å². The lowest BCUT2D eigenvalue weighted by molar-refractivity contribution is -0.140. The Bertz CT molecular complexity index is 782. The lowest BCUT2D eigenvalue weighted by atomic mass is 10.1. The Hall–Kier alpha value is -3.33. The zero-order valence-electron chi connectivity index (χ0n) is 19.3. The third kappa shape index (κ3) is 12.3. The first-order valence-electron chi connectivity index (χ1n) is 10.9. The molecule has 0 aliphatic rings. The van der Waals surface area contributed by atoms with E-state index in [0.717, 1.165) is 17.2 Å². The number of benzene rings is 1. The van der Waals surface area contributed by atoms with E-state index in [4.69, 9.17) is 18.9 Å². The molecule has 0 aliphatic heterocycles. The fraction of sp³-hybridized carbons (Fsp3) is 0.458. The van der Waals surface area contributed by atoms with Crippen molar-refractivity contribution in [2.75, 3.05) is 19.8 Å². The molecular formula is C24H34N2O7. The summed E-state index contributed by atoms with van der Waals surface area (Å²) in [5, 5.41) is 5.37. The summed E-state index contributed by atoms with van der Waals surface area (Å²) in [6.45, 7) is 11.8. The number of carbonyl (C=O) groups excluding carboxylic acids is 3.